The van der Waals surface area contributed by atoms with Crippen molar-refractivity contribution in [2.75, 3.05) is 18.5 Å². The molecular weight excluding hydrogens is 1170 g/mol. The molecule has 4 N–H and O–H groups in total. The number of anilines is 1. The molecule has 8 aromatic rings. The van der Waals surface area contributed by atoms with Crippen molar-refractivity contribution >= 4 is 160 Å². The largest absolute Gasteiger partial charge is 2.00 e. The Kier molecular flexibility index (Phi) is 19.3. The van der Waals surface area contributed by atoms with Gasteiger partial charge in [0.2, 0.25) is 0 Å². The van der Waals surface area contributed by atoms with Crippen molar-refractivity contribution in [2.24, 2.45) is 25.4 Å². The van der Waals surface area contributed by atoms with Crippen LogP contribution in [0, 0.1) is 13.8 Å². The van der Waals surface area contributed by atoms with E-state index in [4.69, 9.17) is 32.7 Å². The number of hydrogen-bond acceptors (Lipinski definition) is 15. The van der Waals surface area contributed by atoms with E-state index in [1.165, 1.54) is 32.0 Å². The Hall–Kier alpha value is -6.41. The third kappa shape index (κ3) is 13.7. The van der Waals surface area contributed by atoms with Gasteiger partial charge in [-0.3, -0.25) is 18.9 Å². The van der Waals surface area contributed by atoms with E-state index in [9.17, 15) is 46.1 Å². The molecular formula is C52H42BaCl2N6O12S2. The quantitative estimate of drug-likeness (QED) is 0.0260. The fourth-order valence-electron chi connectivity index (χ4n) is 7.40. The smallest absolute Gasteiger partial charge is 0.871 e. The molecule has 0 atom stereocenters. The van der Waals surface area contributed by atoms with Gasteiger partial charge in [0, 0.05) is 28.6 Å². The standard InChI is InChI=1S/2C26H22ClN3O6S.Ba/c2*1-3-36-18-9-6-8-17(14-18)28-26(32)20-13-16-7-4-5-10-19(16)24(25(20)31)30-29-21-11-12-22(37(33,34)35)15(2)23(21)27;/h2*4-14,31H,3H2,1-2H3,(H,28,32)(H,33,34,35);/q;;+2/p-2. The van der Waals surface area contributed by atoms with E-state index in [0.717, 1.165) is 12.1 Å². The van der Waals surface area contributed by atoms with E-state index < -0.39 is 43.5 Å². The van der Waals surface area contributed by atoms with E-state index in [-0.39, 0.29) is 114 Å². The molecule has 23 heteroatoms. The van der Waals surface area contributed by atoms with Crippen LogP contribution in [-0.4, -0.2) is 105 Å². The zero-order valence-electron chi connectivity index (χ0n) is 40.1. The van der Waals surface area contributed by atoms with Gasteiger partial charge in [-0.2, -0.15) is 21.9 Å². The van der Waals surface area contributed by atoms with Crippen molar-refractivity contribution < 1.29 is 55.5 Å². The Labute approximate surface area is 481 Å². The van der Waals surface area contributed by atoms with E-state index in [2.05, 4.69) is 30.8 Å². The van der Waals surface area contributed by atoms with E-state index in [1.54, 1.807) is 103 Å². The van der Waals surface area contributed by atoms with Crippen molar-refractivity contribution in [3.63, 3.8) is 0 Å². The number of fused-ring (bicyclic) bond motifs is 2. The van der Waals surface area contributed by atoms with Gasteiger partial charge >= 0.3 is 48.9 Å². The van der Waals surface area contributed by atoms with Crippen LogP contribution in [0.3, 0.4) is 0 Å². The normalized spacial score (nSPS) is 11.9. The SMILES string of the molecule is CCOc1cccc(N=C([O-])c2cc3ccccc3c(N=Nc3ccc(S(=O)(=O)O)c(C)c3Cl)c2[O-])c1.CCOc1cccc(NC(=O)c2cc3ccccc3c(N=Nc3ccc(S(=O)(=O)O)c(C)c3Cl)c2O)c1.[Ba+2]. The molecule has 75 heavy (non-hydrogen) atoms. The number of nitrogens with zero attached hydrogens (tertiary/aromatic N) is 5. The molecule has 0 aliphatic rings. The van der Waals surface area contributed by atoms with Crippen LogP contribution in [-0.2, 0) is 20.2 Å². The number of halogens is 2. The van der Waals surface area contributed by atoms with Crippen LogP contribution in [0.2, 0.25) is 10.0 Å². The number of carbonyl (C=O) groups excluding carboxylic acids is 1. The molecule has 0 saturated heterocycles. The van der Waals surface area contributed by atoms with Crippen LogP contribution in [0.25, 0.3) is 21.5 Å². The Balaban J connectivity index is 0.000000241. The molecule has 0 aliphatic carbocycles. The molecule has 18 nitrogen and oxygen atoms in total. The minimum absolute atomic E-state index is 0. The summed E-state index contributed by atoms with van der Waals surface area (Å²) >= 11 is 12.5. The number of azo groups is 2. The maximum atomic E-state index is 13.3. The second-order valence-corrected chi connectivity index (χ2v) is 19.4. The molecule has 0 radical (unpaired) electrons. The number of carbonyl (C=O) groups is 1. The third-order valence-corrected chi connectivity index (χ3v) is 13.9. The number of rotatable bonds is 14. The Morgan fingerprint density at radius 1 is 0.627 bits per heavy atom. The fourth-order valence-corrected chi connectivity index (χ4v) is 9.38. The number of phenolic OH excluding ortho intramolecular Hbond substituents is 1. The summed E-state index contributed by atoms with van der Waals surface area (Å²) in [6.07, 6.45) is 0. The second-order valence-electron chi connectivity index (χ2n) is 15.8. The number of ether oxygens (including phenoxy) is 2. The number of benzene rings is 8. The molecule has 0 saturated carbocycles. The second kappa shape index (κ2) is 25.0. The number of phenols is 1. The van der Waals surface area contributed by atoms with Gasteiger partial charge in [0.05, 0.1) is 50.0 Å². The van der Waals surface area contributed by atoms with Gasteiger partial charge in [-0.1, -0.05) is 89.6 Å². The summed E-state index contributed by atoms with van der Waals surface area (Å²) in [6.45, 7) is 7.43. The summed E-state index contributed by atoms with van der Waals surface area (Å²) in [6, 6.07) is 35.2. The zero-order chi connectivity index (χ0) is 53.5. The minimum atomic E-state index is -4.49. The first-order valence-electron chi connectivity index (χ1n) is 22.1. The average Bonchev–Trinajstić information content (AvgIpc) is 3.35. The predicted molar refractivity (Wildman–Crippen MR) is 284 cm³/mol. The average molecular weight is 1220 g/mol. The van der Waals surface area contributed by atoms with E-state index in [0.29, 0.717) is 57.6 Å². The molecule has 380 valence electrons. The summed E-state index contributed by atoms with van der Waals surface area (Å²) in [4.78, 5) is 16.5. The van der Waals surface area contributed by atoms with Gasteiger partial charge in [0.15, 0.2) is 5.75 Å². The van der Waals surface area contributed by atoms with Crippen LogP contribution >= 0.6 is 23.2 Å². The summed E-state index contributed by atoms with van der Waals surface area (Å²) < 4.78 is 75.7. The Morgan fingerprint density at radius 2 is 1.11 bits per heavy atom. The van der Waals surface area contributed by atoms with Gasteiger partial charge in [-0.15, -0.1) is 15.3 Å². The number of aromatic hydroxyl groups is 1. The molecule has 0 unspecified atom stereocenters. The predicted octanol–water partition coefficient (Wildman–Crippen LogP) is 11.8. The fraction of sp³-hybridized carbons (Fsp3) is 0.115. The summed E-state index contributed by atoms with van der Waals surface area (Å²) in [5.41, 5.74) is 0.854. The molecule has 0 bridgehead atoms. The molecule has 0 aromatic heterocycles. The summed E-state index contributed by atoms with van der Waals surface area (Å²) in [7, 11) is -8.96. The summed E-state index contributed by atoms with van der Waals surface area (Å²) in [5, 5.41) is 58.6. The van der Waals surface area contributed by atoms with Crippen molar-refractivity contribution in [3.8, 4) is 23.0 Å². The molecule has 0 spiro atoms. The first-order valence-corrected chi connectivity index (χ1v) is 25.7. The number of aliphatic imine (C=N–C) groups is 1. The first kappa shape index (κ1) is 57.9. The van der Waals surface area contributed by atoms with Gasteiger partial charge in [-0.25, -0.2) is 0 Å². The van der Waals surface area contributed by atoms with Crippen LogP contribution < -0.4 is 25.0 Å². The summed E-state index contributed by atoms with van der Waals surface area (Å²) in [5.74, 6) is -1.28. The van der Waals surface area contributed by atoms with Crippen LogP contribution in [0.1, 0.15) is 40.9 Å². The molecule has 1 amide bonds. The minimum Gasteiger partial charge on any atom is -0.871 e. The Morgan fingerprint density at radius 3 is 1.64 bits per heavy atom. The van der Waals surface area contributed by atoms with Crippen molar-refractivity contribution in [1.29, 1.82) is 0 Å². The topological polar surface area (TPSA) is 284 Å². The van der Waals surface area contributed by atoms with Crippen molar-refractivity contribution in [3.05, 3.63) is 166 Å². The van der Waals surface area contributed by atoms with Gasteiger partial charge in [0.1, 0.15) is 28.6 Å². The van der Waals surface area contributed by atoms with Gasteiger partial charge < -0.3 is 30.1 Å². The zero-order valence-corrected chi connectivity index (χ0v) is 47.7. The maximum absolute atomic E-state index is 13.3. The van der Waals surface area contributed by atoms with Crippen LogP contribution in [0.15, 0.2) is 169 Å². The van der Waals surface area contributed by atoms with Crippen molar-refractivity contribution in [2.45, 2.75) is 37.5 Å². The first-order chi connectivity index (χ1) is 35.2. The molecule has 0 heterocycles. The van der Waals surface area contributed by atoms with Crippen LogP contribution in [0.4, 0.5) is 34.1 Å². The monoisotopic (exact) mass is 1210 g/mol. The molecule has 0 fully saturated rings. The molecule has 8 rings (SSSR count). The van der Waals surface area contributed by atoms with Gasteiger partial charge in [0.25, 0.3) is 26.1 Å². The van der Waals surface area contributed by atoms with E-state index in [1.807, 2.05) is 13.8 Å². The third-order valence-electron chi connectivity index (χ3n) is 10.9. The van der Waals surface area contributed by atoms with Gasteiger partial charge in [-0.05, 0) is 122 Å². The maximum Gasteiger partial charge on any atom is 2.00 e. The number of nitrogens with one attached hydrogen (secondary N) is 1. The van der Waals surface area contributed by atoms with E-state index >= 15 is 0 Å². The van der Waals surface area contributed by atoms with Crippen molar-refractivity contribution in [1.82, 2.24) is 0 Å². The molecule has 8 aromatic carbocycles. The number of hydrogen-bond donors (Lipinski definition) is 4. The number of amides is 1. The van der Waals surface area contributed by atoms with Crippen LogP contribution in [0.5, 0.6) is 23.0 Å². The molecule has 0 aliphatic heterocycles. The Bertz CT molecular complexity index is 3830.